The Balaban J connectivity index is 3.39. The van der Waals surface area contributed by atoms with Crippen molar-refractivity contribution >= 4 is 39.2 Å². The summed E-state index contributed by atoms with van der Waals surface area (Å²) in [5, 5.41) is 2.45. The second-order valence-corrected chi connectivity index (χ2v) is 10.6. The van der Waals surface area contributed by atoms with E-state index in [-0.39, 0.29) is 51.0 Å². The van der Waals surface area contributed by atoms with Gasteiger partial charge in [-0.3, -0.25) is 9.59 Å². The molecular weight excluding hydrogens is 476 g/mol. The SMILES string of the molecule is CCCCCCCC(=O)c1cc(S(=O)(=O)NC(=O)NCCC)c(C)c(C(=O)CCCCC)c1Cl. The molecule has 1 rings (SSSR count). The molecule has 1 aromatic rings. The number of hydrogen-bond donors (Lipinski definition) is 2. The summed E-state index contributed by atoms with van der Waals surface area (Å²) in [5.41, 5.74) is 0.196. The van der Waals surface area contributed by atoms with Crippen molar-refractivity contribution in [2.45, 2.75) is 103 Å². The number of urea groups is 1. The van der Waals surface area contributed by atoms with Crippen LogP contribution in [-0.2, 0) is 10.0 Å². The summed E-state index contributed by atoms with van der Waals surface area (Å²) in [7, 11) is -4.33. The van der Waals surface area contributed by atoms with E-state index in [0.717, 1.165) is 38.5 Å². The molecule has 2 amide bonds. The lowest BCUT2D eigenvalue weighted by Crippen LogP contribution is -2.40. The fourth-order valence-corrected chi connectivity index (χ4v) is 5.29. The lowest BCUT2D eigenvalue weighted by molar-refractivity contribution is 0.0978. The summed E-state index contributed by atoms with van der Waals surface area (Å²) in [6.07, 6.45) is 8.19. The highest BCUT2D eigenvalue weighted by atomic mass is 35.5. The normalized spacial score (nSPS) is 11.3. The molecule has 0 atom stereocenters. The first kappa shape index (κ1) is 30.1. The molecule has 192 valence electrons. The average Bonchev–Trinajstić information content (AvgIpc) is 2.77. The molecule has 0 aliphatic heterocycles. The minimum absolute atomic E-state index is 0.00746. The smallest absolute Gasteiger partial charge is 0.328 e. The van der Waals surface area contributed by atoms with Crippen LogP contribution in [0.25, 0.3) is 0 Å². The van der Waals surface area contributed by atoms with E-state index in [1.807, 2.05) is 18.6 Å². The molecule has 0 radical (unpaired) electrons. The van der Waals surface area contributed by atoms with Gasteiger partial charge in [-0.2, -0.15) is 0 Å². The number of hydrogen-bond acceptors (Lipinski definition) is 5. The number of Topliss-reactive ketones (excluding diaryl/α,β-unsaturated/α-hetero) is 2. The molecular formula is C25H39ClN2O5S. The highest BCUT2D eigenvalue weighted by Crippen LogP contribution is 2.33. The van der Waals surface area contributed by atoms with Gasteiger partial charge in [-0.1, -0.05) is 70.9 Å². The van der Waals surface area contributed by atoms with Crippen LogP contribution in [0.5, 0.6) is 0 Å². The van der Waals surface area contributed by atoms with Gasteiger partial charge in [0.1, 0.15) is 0 Å². The highest BCUT2D eigenvalue weighted by Gasteiger charge is 2.29. The predicted molar refractivity (Wildman–Crippen MR) is 136 cm³/mol. The number of rotatable bonds is 16. The van der Waals surface area contributed by atoms with Crippen molar-refractivity contribution < 1.29 is 22.8 Å². The molecule has 0 bridgehead atoms. The summed E-state index contributed by atoms with van der Waals surface area (Å²) in [4.78, 5) is 37.8. The van der Waals surface area contributed by atoms with Crippen molar-refractivity contribution in [2.24, 2.45) is 0 Å². The lowest BCUT2D eigenvalue weighted by Gasteiger charge is -2.17. The molecule has 1 aromatic carbocycles. The standard InChI is InChI=1S/C25H39ClN2O5S/c1-5-8-10-11-13-14-20(29)19-17-22(34(32,33)28-25(31)27-16-7-3)18(4)23(24(19)26)21(30)15-12-9-6-2/h17H,5-16H2,1-4H3,(H2,27,28,31). The molecule has 0 heterocycles. The van der Waals surface area contributed by atoms with Gasteiger partial charge in [0, 0.05) is 30.5 Å². The number of ketones is 2. The Morgan fingerprint density at radius 3 is 2.03 bits per heavy atom. The third-order valence-corrected chi connectivity index (χ3v) is 7.47. The van der Waals surface area contributed by atoms with Gasteiger partial charge >= 0.3 is 6.03 Å². The first-order chi connectivity index (χ1) is 16.1. The van der Waals surface area contributed by atoms with E-state index in [4.69, 9.17) is 11.6 Å². The van der Waals surface area contributed by atoms with Gasteiger partial charge in [0.2, 0.25) is 0 Å². The largest absolute Gasteiger partial charge is 0.337 e. The Hall–Kier alpha value is -1.93. The molecule has 0 saturated heterocycles. The van der Waals surface area contributed by atoms with Crippen LogP contribution in [0.3, 0.4) is 0 Å². The van der Waals surface area contributed by atoms with Crippen LogP contribution in [0, 0.1) is 6.92 Å². The molecule has 0 aliphatic carbocycles. The van der Waals surface area contributed by atoms with Crippen LogP contribution in [0.4, 0.5) is 4.79 Å². The van der Waals surface area contributed by atoms with Crippen molar-refractivity contribution in [3.63, 3.8) is 0 Å². The number of unbranched alkanes of at least 4 members (excludes halogenated alkanes) is 6. The van der Waals surface area contributed by atoms with E-state index in [0.29, 0.717) is 25.8 Å². The van der Waals surface area contributed by atoms with E-state index in [1.54, 1.807) is 0 Å². The highest BCUT2D eigenvalue weighted by molar-refractivity contribution is 7.90. The summed E-state index contributed by atoms with van der Waals surface area (Å²) in [6.45, 7) is 7.76. The third kappa shape index (κ3) is 9.02. The lowest BCUT2D eigenvalue weighted by atomic mass is 9.95. The zero-order valence-corrected chi connectivity index (χ0v) is 22.5. The quantitative estimate of drug-likeness (QED) is 0.197. The number of amides is 2. The second-order valence-electron chi connectivity index (χ2n) is 8.57. The van der Waals surface area contributed by atoms with Gasteiger partial charge in [-0.25, -0.2) is 17.9 Å². The molecule has 34 heavy (non-hydrogen) atoms. The summed E-state index contributed by atoms with van der Waals surface area (Å²) < 4.78 is 28.1. The number of benzene rings is 1. The topological polar surface area (TPSA) is 109 Å². The van der Waals surface area contributed by atoms with E-state index in [2.05, 4.69) is 12.2 Å². The van der Waals surface area contributed by atoms with Crippen molar-refractivity contribution in [3.8, 4) is 0 Å². The molecule has 0 aliphatic rings. The number of nitrogens with one attached hydrogen (secondary N) is 2. The Labute approximate surface area is 209 Å². The Morgan fingerprint density at radius 1 is 0.853 bits per heavy atom. The summed E-state index contributed by atoms with van der Waals surface area (Å²) >= 11 is 6.54. The maximum absolute atomic E-state index is 13.0. The molecule has 0 spiro atoms. The van der Waals surface area contributed by atoms with Crippen LogP contribution in [0.15, 0.2) is 11.0 Å². The van der Waals surface area contributed by atoms with E-state index >= 15 is 0 Å². The molecule has 0 fully saturated rings. The number of carbonyl (C=O) groups is 3. The minimum Gasteiger partial charge on any atom is -0.337 e. The van der Waals surface area contributed by atoms with Crippen molar-refractivity contribution in [3.05, 3.63) is 27.8 Å². The van der Waals surface area contributed by atoms with Gasteiger partial charge in [-0.15, -0.1) is 0 Å². The van der Waals surface area contributed by atoms with Gasteiger partial charge in [0.15, 0.2) is 11.6 Å². The summed E-state index contributed by atoms with van der Waals surface area (Å²) in [6, 6.07) is 0.334. The molecule has 9 heteroatoms. The van der Waals surface area contributed by atoms with E-state index in [9.17, 15) is 22.8 Å². The first-order valence-electron chi connectivity index (χ1n) is 12.3. The van der Waals surface area contributed by atoms with Gasteiger partial charge in [-0.05, 0) is 37.8 Å². The average molecular weight is 515 g/mol. The van der Waals surface area contributed by atoms with Gasteiger partial charge in [0.25, 0.3) is 10.0 Å². The Bertz CT molecular complexity index is 961. The summed E-state index contributed by atoms with van der Waals surface area (Å²) in [5.74, 6) is -0.614. The number of carbonyl (C=O) groups excluding carboxylic acids is 3. The minimum atomic E-state index is -4.33. The third-order valence-electron chi connectivity index (χ3n) is 5.62. The predicted octanol–water partition coefficient (Wildman–Crippen LogP) is 6.35. The molecule has 0 unspecified atom stereocenters. The zero-order valence-electron chi connectivity index (χ0n) is 20.9. The maximum atomic E-state index is 13.0. The second kappa shape index (κ2) is 15.1. The molecule has 2 N–H and O–H groups in total. The molecule has 0 saturated carbocycles. The van der Waals surface area contributed by atoms with E-state index < -0.39 is 16.1 Å². The zero-order chi connectivity index (χ0) is 25.7. The van der Waals surface area contributed by atoms with Crippen molar-refractivity contribution in [1.29, 1.82) is 0 Å². The Kier molecular flexibility index (Phi) is 13.4. The van der Waals surface area contributed by atoms with Crippen molar-refractivity contribution in [2.75, 3.05) is 6.54 Å². The van der Waals surface area contributed by atoms with Crippen LogP contribution < -0.4 is 10.0 Å². The fourth-order valence-electron chi connectivity index (χ4n) is 3.67. The maximum Gasteiger partial charge on any atom is 0.328 e. The number of halogens is 1. The van der Waals surface area contributed by atoms with Gasteiger partial charge in [0.05, 0.1) is 9.92 Å². The Morgan fingerprint density at radius 2 is 1.41 bits per heavy atom. The van der Waals surface area contributed by atoms with Crippen molar-refractivity contribution in [1.82, 2.24) is 10.0 Å². The van der Waals surface area contributed by atoms with Crippen LogP contribution in [0.1, 0.15) is 118 Å². The first-order valence-corrected chi connectivity index (χ1v) is 14.2. The van der Waals surface area contributed by atoms with Crippen LogP contribution in [0.2, 0.25) is 5.02 Å². The van der Waals surface area contributed by atoms with Crippen LogP contribution in [-0.4, -0.2) is 32.6 Å². The molecule has 0 aromatic heterocycles. The fraction of sp³-hybridized carbons (Fsp3) is 0.640. The molecule has 7 nitrogen and oxygen atoms in total. The monoisotopic (exact) mass is 514 g/mol. The number of sulfonamides is 1. The van der Waals surface area contributed by atoms with Crippen LogP contribution >= 0.6 is 11.6 Å². The van der Waals surface area contributed by atoms with E-state index in [1.165, 1.54) is 13.0 Å². The van der Waals surface area contributed by atoms with Gasteiger partial charge < -0.3 is 5.32 Å².